The number of carbonyl (C=O) groups is 1. The number of nitrogens with one attached hydrogen (secondary N) is 1. The van der Waals surface area contributed by atoms with Gasteiger partial charge < -0.3 is 15.2 Å². The second kappa shape index (κ2) is 8.17. The molecule has 2 N–H and O–H groups in total. The van der Waals surface area contributed by atoms with E-state index >= 15 is 0 Å². The van der Waals surface area contributed by atoms with Crippen LogP contribution >= 0.6 is 11.8 Å². The van der Waals surface area contributed by atoms with E-state index < -0.39 is 5.60 Å². The number of amides is 1. The van der Waals surface area contributed by atoms with Gasteiger partial charge in [0.05, 0.1) is 5.60 Å². The molecule has 112 valence electrons. The maximum absolute atomic E-state index is 11.7. The van der Waals surface area contributed by atoms with E-state index in [-0.39, 0.29) is 19.1 Å². The van der Waals surface area contributed by atoms with Crippen LogP contribution in [0.5, 0.6) is 5.75 Å². The molecular formula is C15H23NO3S. The third-order valence-corrected chi connectivity index (χ3v) is 3.58. The monoisotopic (exact) mass is 297 g/mol. The van der Waals surface area contributed by atoms with Gasteiger partial charge in [0.25, 0.3) is 5.91 Å². The first kappa shape index (κ1) is 16.9. The molecule has 0 aliphatic rings. The van der Waals surface area contributed by atoms with E-state index in [1.54, 1.807) is 18.7 Å². The van der Waals surface area contributed by atoms with Crippen molar-refractivity contribution >= 4 is 17.7 Å². The Balaban J connectivity index is 2.32. The summed E-state index contributed by atoms with van der Waals surface area (Å²) in [6, 6.07) is 7.55. The van der Waals surface area contributed by atoms with Gasteiger partial charge >= 0.3 is 0 Å². The number of thioether (sulfide) groups is 1. The van der Waals surface area contributed by atoms with Crippen LogP contribution in [0.2, 0.25) is 0 Å². The molecule has 1 unspecified atom stereocenters. The molecule has 0 aromatic heterocycles. The average molecular weight is 297 g/mol. The van der Waals surface area contributed by atoms with E-state index in [1.165, 1.54) is 0 Å². The molecule has 0 fully saturated rings. The van der Waals surface area contributed by atoms with Crippen molar-refractivity contribution in [2.24, 2.45) is 0 Å². The predicted octanol–water partition coefficient (Wildman–Crippen LogP) is 1.99. The fraction of sp³-hybridized carbons (Fsp3) is 0.533. The van der Waals surface area contributed by atoms with E-state index in [0.717, 1.165) is 11.3 Å². The molecule has 1 atom stereocenters. The van der Waals surface area contributed by atoms with Gasteiger partial charge in [0.2, 0.25) is 0 Å². The van der Waals surface area contributed by atoms with Crippen LogP contribution < -0.4 is 10.1 Å². The minimum absolute atomic E-state index is 0.0382. The van der Waals surface area contributed by atoms with Crippen molar-refractivity contribution < 1.29 is 14.6 Å². The smallest absolute Gasteiger partial charge is 0.258 e. The van der Waals surface area contributed by atoms with Gasteiger partial charge in [-0.2, -0.15) is 11.8 Å². The van der Waals surface area contributed by atoms with E-state index in [0.29, 0.717) is 12.2 Å². The Morgan fingerprint density at radius 2 is 2.15 bits per heavy atom. The third kappa shape index (κ3) is 6.30. The van der Waals surface area contributed by atoms with Crippen molar-refractivity contribution in [2.75, 3.05) is 25.2 Å². The number of ether oxygens (including phenoxy) is 1. The molecule has 1 rings (SSSR count). The zero-order chi connectivity index (χ0) is 15.0. The van der Waals surface area contributed by atoms with E-state index in [1.807, 2.05) is 37.4 Å². The summed E-state index contributed by atoms with van der Waals surface area (Å²) in [5, 5.41) is 12.8. The molecule has 0 aliphatic heterocycles. The van der Waals surface area contributed by atoms with Crippen LogP contribution in [0.4, 0.5) is 0 Å². The van der Waals surface area contributed by atoms with Crippen LogP contribution in [0, 0.1) is 6.92 Å². The predicted molar refractivity (Wildman–Crippen MR) is 83.3 cm³/mol. The highest BCUT2D eigenvalue weighted by molar-refractivity contribution is 7.98. The summed E-state index contributed by atoms with van der Waals surface area (Å²) in [7, 11) is 0. The number of rotatable bonds is 8. The number of hydrogen-bond donors (Lipinski definition) is 2. The van der Waals surface area contributed by atoms with Crippen LogP contribution in [-0.2, 0) is 4.79 Å². The van der Waals surface area contributed by atoms with Gasteiger partial charge in [0.1, 0.15) is 5.75 Å². The zero-order valence-corrected chi connectivity index (χ0v) is 13.1. The molecule has 0 aliphatic carbocycles. The molecule has 1 aromatic rings. The van der Waals surface area contributed by atoms with Crippen LogP contribution in [0.25, 0.3) is 0 Å². The molecule has 5 heteroatoms. The normalized spacial score (nSPS) is 13.6. The molecule has 20 heavy (non-hydrogen) atoms. The summed E-state index contributed by atoms with van der Waals surface area (Å²) < 4.78 is 5.45. The Bertz CT molecular complexity index is 435. The van der Waals surface area contributed by atoms with Crippen molar-refractivity contribution in [2.45, 2.75) is 25.9 Å². The number of carbonyl (C=O) groups excluding carboxylic acids is 1. The van der Waals surface area contributed by atoms with Gasteiger partial charge in [-0.1, -0.05) is 18.2 Å². The van der Waals surface area contributed by atoms with Crippen molar-refractivity contribution in [1.82, 2.24) is 5.32 Å². The molecular weight excluding hydrogens is 274 g/mol. The molecule has 0 saturated heterocycles. The Labute approximate surface area is 124 Å². The fourth-order valence-electron chi connectivity index (χ4n) is 1.61. The second-order valence-corrected chi connectivity index (χ2v) is 6.06. The van der Waals surface area contributed by atoms with Crippen molar-refractivity contribution in [1.29, 1.82) is 0 Å². The van der Waals surface area contributed by atoms with E-state index in [9.17, 15) is 9.90 Å². The van der Waals surface area contributed by atoms with Crippen LogP contribution in [0.1, 0.15) is 18.9 Å². The quantitative estimate of drug-likeness (QED) is 0.770. The molecule has 0 heterocycles. The lowest BCUT2D eigenvalue weighted by atomic mass is 10.0. The summed E-state index contributed by atoms with van der Waals surface area (Å²) in [4.78, 5) is 11.7. The topological polar surface area (TPSA) is 58.6 Å². The molecule has 4 nitrogen and oxygen atoms in total. The summed E-state index contributed by atoms with van der Waals surface area (Å²) >= 11 is 1.67. The Morgan fingerprint density at radius 3 is 2.80 bits per heavy atom. The van der Waals surface area contributed by atoms with Gasteiger partial charge in [0, 0.05) is 6.54 Å². The minimum Gasteiger partial charge on any atom is -0.484 e. The van der Waals surface area contributed by atoms with Gasteiger partial charge in [-0.15, -0.1) is 0 Å². The van der Waals surface area contributed by atoms with Gasteiger partial charge in [-0.25, -0.2) is 0 Å². The standard InChI is InChI=1S/C15H23NO3S/c1-12-6-4-5-7-13(12)19-10-14(17)16-11-15(2,18)8-9-20-3/h4-7,18H,8-11H2,1-3H3,(H,16,17). The van der Waals surface area contributed by atoms with Crippen molar-refractivity contribution in [3.8, 4) is 5.75 Å². The minimum atomic E-state index is -0.874. The van der Waals surface area contributed by atoms with E-state index in [4.69, 9.17) is 4.74 Å². The lowest BCUT2D eigenvalue weighted by molar-refractivity contribution is -0.124. The van der Waals surface area contributed by atoms with Crippen LogP contribution in [0.15, 0.2) is 24.3 Å². The zero-order valence-electron chi connectivity index (χ0n) is 12.3. The summed E-state index contributed by atoms with van der Waals surface area (Å²) in [5.41, 5.74) is 0.119. The van der Waals surface area contributed by atoms with E-state index in [2.05, 4.69) is 5.32 Å². The number of aryl methyl sites for hydroxylation is 1. The maximum Gasteiger partial charge on any atom is 0.258 e. The van der Waals surface area contributed by atoms with Gasteiger partial charge in [-0.05, 0) is 43.9 Å². The highest BCUT2D eigenvalue weighted by atomic mass is 32.2. The number of hydrogen-bond acceptors (Lipinski definition) is 4. The number of para-hydroxylation sites is 1. The number of aliphatic hydroxyl groups is 1. The van der Waals surface area contributed by atoms with Crippen LogP contribution in [-0.4, -0.2) is 41.8 Å². The maximum atomic E-state index is 11.7. The summed E-state index contributed by atoms with van der Waals surface area (Å²) in [6.45, 7) is 3.86. The Hall–Kier alpha value is -1.20. The first-order chi connectivity index (χ1) is 9.44. The lowest BCUT2D eigenvalue weighted by Crippen LogP contribution is -2.42. The molecule has 1 amide bonds. The van der Waals surface area contributed by atoms with Crippen molar-refractivity contribution in [3.63, 3.8) is 0 Å². The molecule has 0 spiro atoms. The first-order valence-corrected chi connectivity index (χ1v) is 8.00. The molecule has 0 saturated carbocycles. The summed E-state index contributed by atoms with van der Waals surface area (Å²) in [6.07, 6.45) is 2.64. The second-order valence-electron chi connectivity index (χ2n) is 5.07. The molecule has 0 bridgehead atoms. The highest BCUT2D eigenvalue weighted by Crippen LogP contribution is 2.16. The van der Waals surface area contributed by atoms with Crippen molar-refractivity contribution in [3.05, 3.63) is 29.8 Å². The SMILES string of the molecule is CSCCC(C)(O)CNC(=O)COc1ccccc1C. The Morgan fingerprint density at radius 1 is 1.45 bits per heavy atom. The highest BCUT2D eigenvalue weighted by Gasteiger charge is 2.20. The number of benzene rings is 1. The van der Waals surface area contributed by atoms with Crippen LogP contribution in [0.3, 0.4) is 0 Å². The van der Waals surface area contributed by atoms with Gasteiger partial charge in [-0.3, -0.25) is 4.79 Å². The third-order valence-electron chi connectivity index (χ3n) is 2.96. The largest absolute Gasteiger partial charge is 0.484 e. The first-order valence-electron chi connectivity index (χ1n) is 6.61. The molecule has 0 radical (unpaired) electrons. The Kier molecular flexibility index (Phi) is 6.88. The summed E-state index contributed by atoms with van der Waals surface area (Å²) in [5.74, 6) is 1.34. The van der Waals surface area contributed by atoms with Gasteiger partial charge in [0.15, 0.2) is 6.61 Å². The molecule has 1 aromatic carbocycles. The fourth-order valence-corrected chi connectivity index (χ4v) is 2.26. The average Bonchev–Trinajstić information content (AvgIpc) is 2.42. The lowest BCUT2D eigenvalue weighted by Gasteiger charge is -2.23.